The molecule has 116 valence electrons. The SMILES string of the molecule is CCN(CC)C(CCC(C)N)Nc1c(N)c(C)nn1C. The van der Waals surface area contributed by atoms with Gasteiger partial charge in [-0.2, -0.15) is 5.10 Å². The first-order chi connectivity index (χ1) is 9.40. The smallest absolute Gasteiger partial charge is 0.148 e. The van der Waals surface area contributed by atoms with Gasteiger partial charge in [0.25, 0.3) is 0 Å². The summed E-state index contributed by atoms with van der Waals surface area (Å²) in [4.78, 5) is 2.38. The highest BCUT2D eigenvalue weighted by atomic mass is 15.4. The molecule has 2 atom stereocenters. The summed E-state index contributed by atoms with van der Waals surface area (Å²) < 4.78 is 1.81. The predicted octanol–water partition coefficient (Wildman–Crippen LogP) is 1.52. The number of hydrogen-bond acceptors (Lipinski definition) is 5. The zero-order valence-corrected chi connectivity index (χ0v) is 13.5. The summed E-state index contributed by atoms with van der Waals surface area (Å²) in [6.07, 6.45) is 2.20. The van der Waals surface area contributed by atoms with Crippen molar-refractivity contribution in [2.45, 2.75) is 52.7 Å². The molecular weight excluding hydrogens is 252 g/mol. The third-order valence-electron chi connectivity index (χ3n) is 3.72. The Morgan fingerprint density at radius 3 is 2.30 bits per heavy atom. The van der Waals surface area contributed by atoms with Crippen molar-refractivity contribution in [1.82, 2.24) is 14.7 Å². The molecule has 2 unspecified atom stereocenters. The van der Waals surface area contributed by atoms with Crippen LogP contribution in [-0.4, -0.2) is 40.0 Å². The Morgan fingerprint density at radius 1 is 1.30 bits per heavy atom. The molecule has 0 aliphatic carbocycles. The van der Waals surface area contributed by atoms with E-state index in [-0.39, 0.29) is 12.2 Å². The standard InChI is InChI=1S/C14H30N6/c1-6-20(7-2)12(9-8-10(3)15)17-14-13(16)11(4)18-19(14)5/h10,12,17H,6-9,15-16H2,1-5H3. The van der Waals surface area contributed by atoms with Crippen molar-refractivity contribution in [3.05, 3.63) is 5.69 Å². The van der Waals surface area contributed by atoms with E-state index < -0.39 is 0 Å². The highest BCUT2D eigenvalue weighted by Crippen LogP contribution is 2.23. The number of nitrogens with two attached hydrogens (primary N) is 2. The zero-order valence-electron chi connectivity index (χ0n) is 13.5. The van der Waals surface area contributed by atoms with Crippen molar-refractivity contribution in [1.29, 1.82) is 0 Å². The van der Waals surface area contributed by atoms with E-state index >= 15 is 0 Å². The summed E-state index contributed by atoms with van der Waals surface area (Å²) in [6.45, 7) is 10.3. The lowest BCUT2D eigenvalue weighted by Gasteiger charge is -2.31. The van der Waals surface area contributed by atoms with Crippen LogP contribution in [0.15, 0.2) is 0 Å². The van der Waals surface area contributed by atoms with E-state index in [1.807, 2.05) is 25.6 Å². The average molecular weight is 282 g/mol. The van der Waals surface area contributed by atoms with E-state index in [9.17, 15) is 0 Å². The Kier molecular flexibility index (Phi) is 6.29. The van der Waals surface area contributed by atoms with Crippen LogP contribution in [0, 0.1) is 6.92 Å². The molecule has 5 N–H and O–H groups in total. The van der Waals surface area contributed by atoms with Gasteiger partial charge in [0.1, 0.15) is 5.82 Å². The number of nitrogens with zero attached hydrogens (tertiary/aromatic N) is 3. The van der Waals surface area contributed by atoms with Crippen LogP contribution >= 0.6 is 0 Å². The molecule has 6 nitrogen and oxygen atoms in total. The van der Waals surface area contributed by atoms with Gasteiger partial charge in [-0.25, -0.2) is 0 Å². The number of hydrogen-bond donors (Lipinski definition) is 3. The Morgan fingerprint density at radius 2 is 1.90 bits per heavy atom. The Labute approximate surface area is 122 Å². The number of aromatic nitrogens is 2. The molecule has 0 aliphatic rings. The number of rotatable bonds is 8. The van der Waals surface area contributed by atoms with Crippen molar-refractivity contribution < 1.29 is 0 Å². The molecule has 1 aromatic rings. The molecule has 0 spiro atoms. The Balaban J connectivity index is 2.87. The van der Waals surface area contributed by atoms with Gasteiger partial charge >= 0.3 is 0 Å². The quantitative estimate of drug-likeness (QED) is 0.629. The molecule has 0 saturated heterocycles. The van der Waals surface area contributed by atoms with Crippen LogP contribution in [0.4, 0.5) is 11.5 Å². The zero-order chi connectivity index (χ0) is 15.3. The second-order valence-electron chi connectivity index (χ2n) is 5.41. The third kappa shape index (κ3) is 4.11. The number of aryl methyl sites for hydroxylation is 2. The highest BCUT2D eigenvalue weighted by molar-refractivity contribution is 5.64. The summed E-state index contributed by atoms with van der Waals surface area (Å²) >= 11 is 0. The first-order valence-corrected chi connectivity index (χ1v) is 7.45. The summed E-state index contributed by atoms with van der Waals surface area (Å²) in [7, 11) is 1.91. The monoisotopic (exact) mass is 282 g/mol. The number of nitrogens with one attached hydrogen (secondary N) is 1. The van der Waals surface area contributed by atoms with Crippen molar-refractivity contribution in [3.8, 4) is 0 Å². The maximum absolute atomic E-state index is 6.10. The van der Waals surface area contributed by atoms with Crippen LogP contribution in [0.25, 0.3) is 0 Å². The molecule has 0 aromatic carbocycles. The molecule has 0 amide bonds. The molecule has 0 bridgehead atoms. The third-order valence-corrected chi connectivity index (χ3v) is 3.72. The van der Waals surface area contributed by atoms with Gasteiger partial charge in [0.15, 0.2) is 0 Å². The minimum Gasteiger partial charge on any atom is -0.394 e. The van der Waals surface area contributed by atoms with E-state index in [0.29, 0.717) is 0 Å². The van der Waals surface area contributed by atoms with E-state index in [0.717, 1.165) is 43.1 Å². The van der Waals surface area contributed by atoms with Crippen LogP contribution in [0.3, 0.4) is 0 Å². The molecule has 1 rings (SSSR count). The van der Waals surface area contributed by atoms with E-state index in [4.69, 9.17) is 11.5 Å². The molecule has 1 aromatic heterocycles. The van der Waals surface area contributed by atoms with Gasteiger partial charge in [-0.1, -0.05) is 13.8 Å². The first-order valence-electron chi connectivity index (χ1n) is 7.45. The van der Waals surface area contributed by atoms with Gasteiger partial charge in [-0.05, 0) is 39.8 Å². The van der Waals surface area contributed by atoms with Gasteiger partial charge < -0.3 is 16.8 Å². The highest BCUT2D eigenvalue weighted by Gasteiger charge is 2.19. The number of anilines is 2. The van der Waals surface area contributed by atoms with Crippen LogP contribution in [0.5, 0.6) is 0 Å². The van der Waals surface area contributed by atoms with E-state index in [2.05, 4.69) is 29.2 Å². The molecule has 0 saturated carbocycles. The first kappa shape index (κ1) is 16.8. The van der Waals surface area contributed by atoms with Crippen molar-refractivity contribution in [3.63, 3.8) is 0 Å². The van der Waals surface area contributed by atoms with Crippen LogP contribution in [0.1, 0.15) is 39.3 Å². The maximum Gasteiger partial charge on any atom is 0.148 e. The minimum atomic E-state index is 0.209. The topological polar surface area (TPSA) is 85.1 Å². The van der Waals surface area contributed by atoms with Crippen molar-refractivity contribution in [2.75, 3.05) is 24.1 Å². The molecule has 0 fully saturated rings. The fraction of sp³-hybridized carbons (Fsp3) is 0.786. The molecular formula is C14H30N6. The van der Waals surface area contributed by atoms with Crippen molar-refractivity contribution in [2.24, 2.45) is 12.8 Å². The fourth-order valence-electron chi connectivity index (χ4n) is 2.43. The van der Waals surface area contributed by atoms with Gasteiger partial charge in [-0.15, -0.1) is 0 Å². The normalized spacial score (nSPS) is 14.6. The molecule has 6 heteroatoms. The molecule has 0 radical (unpaired) electrons. The van der Waals surface area contributed by atoms with Gasteiger partial charge in [0.05, 0.1) is 17.5 Å². The van der Waals surface area contributed by atoms with Crippen LogP contribution in [0.2, 0.25) is 0 Å². The van der Waals surface area contributed by atoms with Gasteiger partial charge in [0, 0.05) is 13.1 Å². The summed E-state index contributed by atoms with van der Waals surface area (Å²) in [6, 6.07) is 0.209. The summed E-state index contributed by atoms with van der Waals surface area (Å²) in [5.74, 6) is 0.893. The molecule has 1 heterocycles. The molecule has 0 aliphatic heterocycles. The Hall–Kier alpha value is -1.27. The van der Waals surface area contributed by atoms with Crippen LogP contribution < -0.4 is 16.8 Å². The second kappa shape index (κ2) is 7.50. The second-order valence-corrected chi connectivity index (χ2v) is 5.41. The lowest BCUT2D eigenvalue weighted by molar-refractivity contribution is 0.222. The lowest BCUT2D eigenvalue weighted by Crippen LogP contribution is -2.42. The van der Waals surface area contributed by atoms with Crippen molar-refractivity contribution >= 4 is 11.5 Å². The van der Waals surface area contributed by atoms with E-state index in [1.54, 1.807) is 0 Å². The Bertz CT molecular complexity index is 408. The minimum absolute atomic E-state index is 0.209. The fourth-order valence-corrected chi connectivity index (χ4v) is 2.43. The maximum atomic E-state index is 6.10. The van der Waals surface area contributed by atoms with Crippen LogP contribution in [-0.2, 0) is 7.05 Å². The largest absolute Gasteiger partial charge is 0.394 e. The van der Waals surface area contributed by atoms with Gasteiger partial charge in [0.2, 0.25) is 0 Å². The van der Waals surface area contributed by atoms with Gasteiger partial charge in [-0.3, -0.25) is 9.58 Å². The summed E-state index contributed by atoms with van der Waals surface area (Å²) in [5.41, 5.74) is 13.6. The lowest BCUT2D eigenvalue weighted by atomic mass is 10.1. The summed E-state index contributed by atoms with van der Waals surface area (Å²) in [5, 5.41) is 7.90. The average Bonchev–Trinajstić information content (AvgIpc) is 2.63. The number of nitrogen functional groups attached to an aromatic ring is 1. The molecule has 20 heavy (non-hydrogen) atoms. The van der Waals surface area contributed by atoms with E-state index in [1.165, 1.54) is 0 Å². The predicted molar refractivity (Wildman–Crippen MR) is 85.6 cm³/mol.